The number of rotatable bonds is 3. The van der Waals surface area contributed by atoms with Crippen LogP contribution in [-0.2, 0) is 0 Å². The lowest BCUT2D eigenvalue weighted by molar-refractivity contribution is 0.300. The van der Waals surface area contributed by atoms with Crippen LogP contribution in [0, 0.1) is 0 Å². The predicted molar refractivity (Wildman–Crippen MR) is 75.2 cm³/mol. The van der Waals surface area contributed by atoms with Crippen LogP contribution in [0.4, 0.5) is 0 Å². The SMILES string of the molecule is CCCCN1CCC=CC(=C2CCCCC2)C1. The lowest BCUT2D eigenvalue weighted by Gasteiger charge is -2.23. The summed E-state index contributed by atoms with van der Waals surface area (Å²) in [4.78, 5) is 2.65. The molecule has 0 unspecified atom stereocenters. The van der Waals surface area contributed by atoms with Crippen molar-refractivity contribution in [1.29, 1.82) is 0 Å². The standard InChI is InChI=1S/C16H27N/c1-2-3-12-17-13-8-7-11-16(14-17)15-9-5-4-6-10-15/h7,11H,2-6,8-10,12-14H2,1H3. The van der Waals surface area contributed by atoms with Gasteiger partial charge in [0.15, 0.2) is 0 Å². The Balaban J connectivity index is 1.99. The highest BCUT2D eigenvalue weighted by molar-refractivity contribution is 5.29. The highest BCUT2D eigenvalue weighted by Crippen LogP contribution is 2.27. The van der Waals surface area contributed by atoms with Crippen molar-refractivity contribution in [1.82, 2.24) is 4.90 Å². The van der Waals surface area contributed by atoms with E-state index in [0.717, 1.165) is 0 Å². The van der Waals surface area contributed by atoms with Crippen molar-refractivity contribution in [3.8, 4) is 0 Å². The highest BCUT2D eigenvalue weighted by Gasteiger charge is 2.14. The second-order valence-electron chi connectivity index (χ2n) is 5.51. The molecule has 0 N–H and O–H groups in total. The van der Waals surface area contributed by atoms with Crippen LogP contribution in [0.2, 0.25) is 0 Å². The minimum absolute atomic E-state index is 1.21. The van der Waals surface area contributed by atoms with Crippen LogP contribution in [0.25, 0.3) is 0 Å². The molecule has 1 nitrogen and oxygen atoms in total. The Morgan fingerprint density at radius 1 is 1.18 bits per heavy atom. The van der Waals surface area contributed by atoms with Crippen LogP contribution in [0.3, 0.4) is 0 Å². The fraction of sp³-hybridized carbons (Fsp3) is 0.750. The Kier molecular flexibility index (Phi) is 5.31. The molecule has 17 heavy (non-hydrogen) atoms. The first-order valence-electron chi connectivity index (χ1n) is 7.50. The van der Waals surface area contributed by atoms with Gasteiger partial charge in [0, 0.05) is 13.1 Å². The van der Waals surface area contributed by atoms with Crippen LogP contribution in [-0.4, -0.2) is 24.5 Å². The van der Waals surface area contributed by atoms with E-state index in [-0.39, 0.29) is 0 Å². The zero-order valence-electron chi connectivity index (χ0n) is 11.4. The molecule has 1 heteroatoms. The first-order chi connectivity index (χ1) is 8.40. The molecule has 1 aliphatic carbocycles. The van der Waals surface area contributed by atoms with Crippen molar-refractivity contribution in [3.05, 3.63) is 23.3 Å². The number of allylic oxidation sites excluding steroid dienone is 1. The molecule has 2 rings (SSSR count). The van der Waals surface area contributed by atoms with E-state index in [1.54, 1.807) is 11.1 Å². The monoisotopic (exact) mass is 233 g/mol. The maximum Gasteiger partial charge on any atom is 0.0233 e. The number of hydrogen-bond donors (Lipinski definition) is 0. The Hall–Kier alpha value is -0.560. The zero-order valence-corrected chi connectivity index (χ0v) is 11.4. The van der Waals surface area contributed by atoms with Crippen LogP contribution < -0.4 is 0 Å². The van der Waals surface area contributed by atoms with Gasteiger partial charge in [-0.05, 0) is 50.6 Å². The highest BCUT2D eigenvalue weighted by atomic mass is 15.1. The first kappa shape index (κ1) is 12.9. The van der Waals surface area contributed by atoms with Crippen LogP contribution in [0.1, 0.15) is 58.3 Å². The van der Waals surface area contributed by atoms with E-state index >= 15 is 0 Å². The molecule has 0 bridgehead atoms. The van der Waals surface area contributed by atoms with Crippen LogP contribution in [0.5, 0.6) is 0 Å². The number of unbranched alkanes of at least 4 members (excludes halogenated alkanes) is 1. The van der Waals surface area contributed by atoms with E-state index < -0.39 is 0 Å². The van der Waals surface area contributed by atoms with Gasteiger partial charge in [-0.3, -0.25) is 4.90 Å². The van der Waals surface area contributed by atoms with Gasteiger partial charge in [-0.1, -0.05) is 37.5 Å². The fourth-order valence-electron chi connectivity index (χ4n) is 2.96. The molecular weight excluding hydrogens is 206 g/mol. The summed E-state index contributed by atoms with van der Waals surface area (Å²) < 4.78 is 0. The molecule has 0 amide bonds. The lowest BCUT2D eigenvalue weighted by Crippen LogP contribution is -2.27. The largest absolute Gasteiger partial charge is 0.299 e. The maximum absolute atomic E-state index is 2.65. The molecule has 0 saturated heterocycles. The van der Waals surface area contributed by atoms with Gasteiger partial charge in [-0.2, -0.15) is 0 Å². The minimum Gasteiger partial charge on any atom is -0.299 e. The van der Waals surface area contributed by atoms with Crippen molar-refractivity contribution >= 4 is 0 Å². The predicted octanol–water partition coefficient (Wildman–Crippen LogP) is 4.31. The minimum atomic E-state index is 1.21. The summed E-state index contributed by atoms with van der Waals surface area (Å²) in [6.45, 7) is 6.05. The van der Waals surface area contributed by atoms with Crippen LogP contribution in [0.15, 0.2) is 23.3 Å². The topological polar surface area (TPSA) is 3.24 Å². The zero-order chi connectivity index (χ0) is 11.9. The quantitative estimate of drug-likeness (QED) is 0.702. The fourth-order valence-corrected chi connectivity index (χ4v) is 2.96. The molecule has 2 aliphatic rings. The third-order valence-corrected chi connectivity index (χ3v) is 4.06. The summed E-state index contributed by atoms with van der Waals surface area (Å²) in [5.41, 5.74) is 3.41. The van der Waals surface area contributed by atoms with Crippen molar-refractivity contribution in [2.45, 2.75) is 58.3 Å². The summed E-state index contributed by atoms with van der Waals surface area (Å²) >= 11 is 0. The lowest BCUT2D eigenvalue weighted by atomic mass is 9.90. The molecule has 1 fully saturated rings. The molecule has 0 aromatic heterocycles. The number of nitrogens with zero attached hydrogens (tertiary/aromatic N) is 1. The van der Waals surface area contributed by atoms with Crippen molar-refractivity contribution in [3.63, 3.8) is 0 Å². The molecule has 0 aromatic rings. The van der Waals surface area contributed by atoms with Gasteiger partial charge in [-0.15, -0.1) is 0 Å². The van der Waals surface area contributed by atoms with Crippen molar-refractivity contribution in [2.24, 2.45) is 0 Å². The van der Waals surface area contributed by atoms with Gasteiger partial charge in [0.05, 0.1) is 0 Å². The molecule has 0 atom stereocenters. The second-order valence-corrected chi connectivity index (χ2v) is 5.51. The van der Waals surface area contributed by atoms with E-state index in [4.69, 9.17) is 0 Å². The first-order valence-corrected chi connectivity index (χ1v) is 7.50. The van der Waals surface area contributed by atoms with Crippen molar-refractivity contribution < 1.29 is 0 Å². The van der Waals surface area contributed by atoms with E-state index in [2.05, 4.69) is 24.0 Å². The summed E-state index contributed by atoms with van der Waals surface area (Å²) in [6.07, 6.45) is 15.7. The maximum atomic E-state index is 2.65. The average Bonchev–Trinajstić information content (AvgIpc) is 2.63. The average molecular weight is 233 g/mol. The Labute approximate surface area is 107 Å². The Morgan fingerprint density at radius 2 is 2.00 bits per heavy atom. The Morgan fingerprint density at radius 3 is 2.76 bits per heavy atom. The Bertz CT molecular complexity index is 280. The molecule has 0 radical (unpaired) electrons. The molecule has 0 spiro atoms. The molecule has 1 heterocycles. The third kappa shape index (κ3) is 3.99. The molecule has 1 saturated carbocycles. The molecular formula is C16H27N. The van der Waals surface area contributed by atoms with E-state index in [1.165, 1.54) is 71.0 Å². The summed E-state index contributed by atoms with van der Waals surface area (Å²) in [5.74, 6) is 0. The molecule has 96 valence electrons. The van der Waals surface area contributed by atoms with E-state index in [1.807, 2.05) is 0 Å². The van der Waals surface area contributed by atoms with Gasteiger partial charge < -0.3 is 0 Å². The number of hydrogen-bond acceptors (Lipinski definition) is 1. The second kappa shape index (κ2) is 7.00. The van der Waals surface area contributed by atoms with E-state index in [9.17, 15) is 0 Å². The van der Waals surface area contributed by atoms with Gasteiger partial charge in [-0.25, -0.2) is 0 Å². The van der Waals surface area contributed by atoms with Crippen LogP contribution >= 0.6 is 0 Å². The molecule has 0 aromatic carbocycles. The normalized spacial score (nSPS) is 22.9. The summed E-state index contributed by atoms with van der Waals surface area (Å²) in [7, 11) is 0. The summed E-state index contributed by atoms with van der Waals surface area (Å²) in [6, 6.07) is 0. The molecule has 1 aliphatic heterocycles. The van der Waals surface area contributed by atoms with Gasteiger partial charge in [0.1, 0.15) is 0 Å². The summed E-state index contributed by atoms with van der Waals surface area (Å²) in [5, 5.41) is 0. The van der Waals surface area contributed by atoms with Gasteiger partial charge in [0.25, 0.3) is 0 Å². The van der Waals surface area contributed by atoms with Gasteiger partial charge in [0.2, 0.25) is 0 Å². The van der Waals surface area contributed by atoms with E-state index in [0.29, 0.717) is 0 Å². The van der Waals surface area contributed by atoms with Crippen molar-refractivity contribution in [2.75, 3.05) is 19.6 Å². The van der Waals surface area contributed by atoms with Gasteiger partial charge >= 0.3 is 0 Å². The third-order valence-electron chi connectivity index (χ3n) is 4.06. The smallest absolute Gasteiger partial charge is 0.0233 e.